The molecule has 168 valence electrons. The topological polar surface area (TPSA) is 58.2 Å². The number of benzene rings is 1. The highest BCUT2D eigenvalue weighted by Crippen LogP contribution is 2.48. The zero-order valence-corrected chi connectivity index (χ0v) is 20.6. The smallest absolute Gasteiger partial charge is 0.254 e. The molecule has 32 heavy (non-hydrogen) atoms. The van der Waals surface area contributed by atoms with Crippen LogP contribution in [0.15, 0.2) is 65.0 Å². The van der Waals surface area contributed by atoms with Crippen molar-refractivity contribution in [1.29, 1.82) is 0 Å². The first-order valence-corrected chi connectivity index (χ1v) is 12.0. The number of carbonyl (C=O) groups is 2. The van der Waals surface area contributed by atoms with Gasteiger partial charge in [0, 0.05) is 44.4 Å². The molecule has 1 amide bonds. The maximum absolute atomic E-state index is 13.5. The summed E-state index contributed by atoms with van der Waals surface area (Å²) in [6.07, 6.45) is 1.29. The zero-order valence-electron chi connectivity index (χ0n) is 19.8. The van der Waals surface area contributed by atoms with E-state index in [0.29, 0.717) is 12.0 Å². The van der Waals surface area contributed by atoms with Crippen LogP contribution in [0.2, 0.25) is 0 Å². The lowest BCUT2D eigenvalue weighted by Gasteiger charge is -2.39. The van der Waals surface area contributed by atoms with E-state index in [1.807, 2.05) is 37.3 Å². The first-order chi connectivity index (χ1) is 15.0. The third kappa shape index (κ3) is 4.31. The van der Waals surface area contributed by atoms with E-state index in [-0.39, 0.29) is 28.4 Å². The van der Waals surface area contributed by atoms with Crippen molar-refractivity contribution < 1.29 is 9.59 Å². The average Bonchev–Trinajstić information content (AvgIpc) is 3.17. The molecule has 0 saturated heterocycles. The van der Waals surface area contributed by atoms with Crippen LogP contribution < -0.4 is 10.6 Å². The van der Waals surface area contributed by atoms with Crippen molar-refractivity contribution in [2.75, 3.05) is 5.32 Å². The van der Waals surface area contributed by atoms with E-state index in [4.69, 9.17) is 0 Å². The van der Waals surface area contributed by atoms with Gasteiger partial charge in [0.25, 0.3) is 5.91 Å². The van der Waals surface area contributed by atoms with Gasteiger partial charge in [-0.1, -0.05) is 52.8 Å². The fourth-order valence-corrected chi connectivity index (χ4v) is 5.84. The molecule has 1 aromatic heterocycles. The van der Waals surface area contributed by atoms with Gasteiger partial charge in [0.1, 0.15) is 0 Å². The van der Waals surface area contributed by atoms with Gasteiger partial charge < -0.3 is 10.6 Å². The van der Waals surface area contributed by atoms with Crippen molar-refractivity contribution in [2.45, 2.75) is 65.7 Å². The van der Waals surface area contributed by atoms with Crippen molar-refractivity contribution in [2.24, 2.45) is 5.41 Å². The molecule has 0 radical (unpaired) electrons. The van der Waals surface area contributed by atoms with Crippen LogP contribution in [0, 0.1) is 5.41 Å². The summed E-state index contributed by atoms with van der Waals surface area (Å²) in [4.78, 5) is 29.3. The number of rotatable bonds is 3. The van der Waals surface area contributed by atoms with E-state index in [0.717, 1.165) is 34.0 Å². The number of hydrogen-bond donors (Lipinski definition) is 2. The first-order valence-electron chi connectivity index (χ1n) is 11.2. The molecule has 2 N–H and O–H groups in total. The van der Waals surface area contributed by atoms with Gasteiger partial charge in [-0.15, -0.1) is 11.3 Å². The second kappa shape index (κ2) is 8.04. The quantitative estimate of drug-likeness (QED) is 0.580. The molecule has 4 nitrogen and oxygen atoms in total. The summed E-state index contributed by atoms with van der Waals surface area (Å²) in [5.41, 5.74) is 3.84. The summed E-state index contributed by atoms with van der Waals surface area (Å²) in [6, 6.07) is 13.7. The average molecular weight is 449 g/mol. The number of amides is 1. The number of para-hydroxylation sites is 1. The van der Waals surface area contributed by atoms with E-state index in [1.165, 1.54) is 4.88 Å². The molecule has 2 aliphatic rings. The molecule has 1 aliphatic carbocycles. The summed E-state index contributed by atoms with van der Waals surface area (Å²) >= 11 is 1.71. The molecule has 4 rings (SSSR count). The Morgan fingerprint density at radius 1 is 1.09 bits per heavy atom. The third-order valence-corrected chi connectivity index (χ3v) is 7.74. The van der Waals surface area contributed by atoms with Gasteiger partial charge >= 0.3 is 0 Å². The summed E-state index contributed by atoms with van der Waals surface area (Å²) in [7, 11) is 0. The molecular formula is C27H32N2O2S. The van der Waals surface area contributed by atoms with E-state index in [2.05, 4.69) is 57.4 Å². The predicted octanol–water partition coefficient (Wildman–Crippen LogP) is 6.29. The Balaban J connectivity index is 1.82. The number of thiophene rings is 1. The highest BCUT2D eigenvalue weighted by Gasteiger charge is 2.43. The second-order valence-electron chi connectivity index (χ2n) is 10.7. The molecule has 0 spiro atoms. The second-order valence-corrected chi connectivity index (χ2v) is 11.8. The Bertz CT molecular complexity index is 1130. The fraction of sp³-hybridized carbons (Fsp3) is 0.407. The lowest BCUT2D eigenvalue weighted by Crippen LogP contribution is -2.39. The van der Waals surface area contributed by atoms with Gasteiger partial charge in [-0.2, -0.15) is 0 Å². The standard InChI is InChI=1S/C27H32N2O2S/c1-16-22(25(31)29-17-10-8-7-9-11-17)24(20-12-13-21(32-20)26(2,3)4)23-18(28-16)14-27(5,6)15-19(23)30/h7-13,24,28H,14-15H2,1-6H3,(H,29,31). The first kappa shape index (κ1) is 22.5. The van der Waals surface area contributed by atoms with Crippen molar-refractivity contribution in [3.8, 4) is 0 Å². The minimum atomic E-state index is -0.348. The number of allylic oxidation sites excluding steroid dienone is 3. The lowest BCUT2D eigenvalue weighted by atomic mass is 9.69. The van der Waals surface area contributed by atoms with Crippen LogP contribution in [0.25, 0.3) is 0 Å². The summed E-state index contributed by atoms with van der Waals surface area (Å²) in [5, 5.41) is 6.48. The van der Waals surface area contributed by atoms with Gasteiger partial charge in [-0.05, 0) is 48.4 Å². The highest BCUT2D eigenvalue weighted by molar-refractivity contribution is 7.12. The Morgan fingerprint density at radius 3 is 2.41 bits per heavy atom. The number of Topliss-reactive ketones (excluding diaryl/α,β-unsaturated/α-hetero) is 1. The van der Waals surface area contributed by atoms with E-state index in [1.54, 1.807) is 11.3 Å². The van der Waals surface area contributed by atoms with Crippen LogP contribution in [0.5, 0.6) is 0 Å². The van der Waals surface area contributed by atoms with Gasteiger partial charge in [-0.25, -0.2) is 0 Å². The Hall–Kier alpha value is -2.66. The maximum Gasteiger partial charge on any atom is 0.254 e. The summed E-state index contributed by atoms with van der Waals surface area (Å²) in [6.45, 7) is 12.8. The maximum atomic E-state index is 13.5. The predicted molar refractivity (Wildman–Crippen MR) is 132 cm³/mol. The number of dihydropyridines is 1. The molecule has 1 aliphatic heterocycles. The molecule has 0 fully saturated rings. The van der Waals surface area contributed by atoms with Crippen molar-refractivity contribution in [3.63, 3.8) is 0 Å². The third-order valence-electron chi connectivity index (χ3n) is 6.17. The van der Waals surface area contributed by atoms with Gasteiger partial charge in [0.15, 0.2) is 5.78 Å². The van der Waals surface area contributed by atoms with Crippen LogP contribution in [-0.4, -0.2) is 11.7 Å². The largest absolute Gasteiger partial charge is 0.362 e. The molecular weight excluding hydrogens is 416 g/mol. The van der Waals surface area contributed by atoms with Crippen LogP contribution in [0.4, 0.5) is 5.69 Å². The zero-order chi connectivity index (χ0) is 23.3. The van der Waals surface area contributed by atoms with E-state index in [9.17, 15) is 9.59 Å². The highest BCUT2D eigenvalue weighted by atomic mass is 32.1. The number of nitrogens with one attached hydrogen (secondary N) is 2. The molecule has 0 saturated carbocycles. The minimum Gasteiger partial charge on any atom is -0.362 e. The van der Waals surface area contributed by atoms with Crippen LogP contribution in [0.1, 0.15) is 70.1 Å². The number of carbonyl (C=O) groups excluding carboxylic acids is 2. The van der Waals surface area contributed by atoms with Gasteiger partial charge in [-0.3, -0.25) is 9.59 Å². The minimum absolute atomic E-state index is 0.0107. The Morgan fingerprint density at radius 2 is 1.78 bits per heavy atom. The van der Waals surface area contributed by atoms with Crippen molar-refractivity contribution in [3.05, 3.63) is 74.8 Å². The molecule has 1 atom stereocenters. The Kier molecular flexibility index (Phi) is 5.66. The molecule has 2 heterocycles. The fourth-order valence-electron chi connectivity index (χ4n) is 4.65. The molecule has 5 heteroatoms. The van der Waals surface area contributed by atoms with Crippen molar-refractivity contribution >= 4 is 28.7 Å². The van der Waals surface area contributed by atoms with Crippen LogP contribution in [-0.2, 0) is 15.0 Å². The molecule has 0 bridgehead atoms. The monoisotopic (exact) mass is 448 g/mol. The lowest BCUT2D eigenvalue weighted by molar-refractivity contribution is -0.118. The summed E-state index contributed by atoms with van der Waals surface area (Å²) < 4.78 is 0. The van der Waals surface area contributed by atoms with Crippen molar-refractivity contribution in [1.82, 2.24) is 5.32 Å². The van der Waals surface area contributed by atoms with Crippen LogP contribution >= 0.6 is 11.3 Å². The number of ketones is 1. The van der Waals surface area contributed by atoms with E-state index >= 15 is 0 Å². The SMILES string of the molecule is CC1=C(C(=O)Nc2ccccc2)C(c2ccc(C(C)(C)C)s2)C2=C(CC(C)(C)CC2=O)N1. The molecule has 1 aromatic carbocycles. The number of hydrogen-bond acceptors (Lipinski definition) is 4. The number of anilines is 1. The molecule has 2 aromatic rings. The normalized spacial score (nSPS) is 20.7. The summed E-state index contributed by atoms with van der Waals surface area (Å²) in [5.74, 6) is -0.377. The Labute approximate surface area is 194 Å². The van der Waals surface area contributed by atoms with E-state index < -0.39 is 0 Å². The van der Waals surface area contributed by atoms with Gasteiger partial charge in [0.2, 0.25) is 0 Å². The van der Waals surface area contributed by atoms with Crippen LogP contribution in [0.3, 0.4) is 0 Å². The van der Waals surface area contributed by atoms with Gasteiger partial charge in [0.05, 0.1) is 5.92 Å². The molecule has 1 unspecified atom stereocenters.